The van der Waals surface area contributed by atoms with Gasteiger partial charge in [-0.2, -0.15) is 0 Å². The second-order valence-electron chi connectivity index (χ2n) is 11.5. The lowest BCUT2D eigenvalue weighted by Crippen LogP contribution is -2.25. The van der Waals surface area contributed by atoms with Gasteiger partial charge >= 0.3 is 0 Å². The van der Waals surface area contributed by atoms with Crippen molar-refractivity contribution in [1.82, 2.24) is 4.90 Å². The van der Waals surface area contributed by atoms with Gasteiger partial charge in [0.1, 0.15) is 23.9 Å². The van der Waals surface area contributed by atoms with E-state index in [1.54, 1.807) is 14.2 Å². The summed E-state index contributed by atoms with van der Waals surface area (Å²) in [5, 5.41) is 6.25. The molecule has 2 aliphatic rings. The molecule has 1 unspecified atom stereocenters. The Balaban J connectivity index is 1.40. The van der Waals surface area contributed by atoms with Crippen molar-refractivity contribution in [3.8, 4) is 17.2 Å². The van der Waals surface area contributed by atoms with Gasteiger partial charge in [0.2, 0.25) is 5.90 Å². The molecule has 2 heterocycles. The van der Waals surface area contributed by atoms with E-state index in [1.807, 2.05) is 19.9 Å². The van der Waals surface area contributed by atoms with Gasteiger partial charge in [-0.1, -0.05) is 42.8 Å². The summed E-state index contributed by atoms with van der Waals surface area (Å²) < 4.78 is 24.0. The molecule has 220 valence electrons. The van der Waals surface area contributed by atoms with Crippen LogP contribution in [0, 0.1) is 6.92 Å². The average molecular weight is 561 g/mol. The van der Waals surface area contributed by atoms with Crippen LogP contribution in [0.5, 0.6) is 17.2 Å². The van der Waals surface area contributed by atoms with Crippen molar-refractivity contribution in [1.29, 1.82) is 0 Å². The highest BCUT2D eigenvalue weighted by Gasteiger charge is 2.30. The lowest BCUT2D eigenvalue weighted by Gasteiger charge is -2.26. The lowest BCUT2D eigenvalue weighted by molar-refractivity contribution is -0.129. The van der Waals surface area contributed by atoms with Gasteiger partial charge < -0.3 is 23.8 Å². The molecule has 3 aromatic rings. The zero-order valence-corrected chi connectivity index (χ0v) is 25.2. The number of hydrogen-bond acceptors (Lipinski definition) is 7. The van der Waals surface area contributed by atoms with Gasteiger partial charge in [-0.3, -0.25) is 4.90 Å². The summed E-state index contributed by atoms with van der Waals surface area (Å²) in [7, 11) is 3.52. The molecule has 7 nitrogen and oxygen atoms in total. The van der Waals surface area contributed by atoms with Crippen LogP contribution in [0.3, 0.4) is 0 Å². The normalized spacial score (nSPS) is 17.1. The summed E-state index contributed by atoms with van der Waals surface area (Å²) >= 11 is 0. The van der Waals surface area contributed by atoms with E-state index < -0.39 is 5.79 Å². The number of rotatable bonds is 13. The van der Waals surface area contributed by atoms with Gasteiger partial charge in [0.05, 0.1) is 14.2 Å². The predicted octanol–water partition coefficient (Wildman–Crippen LogP) is 7.43. The largest absolute Gasteiger partial charge is 0.496 e. The number of fused-ring (bicyclic) bond motifs is 1. The Kier molecular flexibility index (Phi) is 9.23. The number of likely N-dealkylation sites (tertiary alicyclic amines) is 1. The van der Waals surface area contributed by atoms with Crippen molar-refractivity contribution in [2.45, 2.75) is 71.0 Å². The summed E-state index contributed by atoms with van der Waals surface area (Å²) in [5.41, 5.74) is 3.51. The van der Waals surface area contributed by atoms with E-state index in [0.717, 1.165) is 65.8 Å². The van der Waals surface area contributed by atoms with Crippen molar-refractivity contribution >= 4 is 16.7 Å². The topological polar surface area (TPSA) is 61.8 Å². The molecule has 0 amide bonds. The standard InChI is InChI=1S/C34H44N2O5/c1-24-31(33(38-5)29-14-7-6-13-28(29)32(24)37-4)27(12-8-9-15-30-35-41-34(2,3)40-30)25-16-18-26(19-17-25)39-23-22-36-20-10-11-21-36/h6-7,13-14,16-19,27H,8-12,15,20-23H2,1-5H3. The summed E-state index contributed by atoms with van der Waals surface area (Å²) in [6.45, 7) is 9.96. The molecular formula is C34H44N2O5. The highest BCUT2D eigenvalue weighted by molar-refractivity contribution is 5.96. The van der Waals surface area contributed by atoms with Crippen LogP contribution in [0.25, 0.3) is 10.8 Å². The maximum absolute atomic E-state index is 6.14. The van der Waals surface area contributed by atoms with Gasteiger partial charge in [0.25, 0.3) is 5.79 Å². The van der Waals surface area contributed by atoms with E-state index >= 15 is 0 Å². The number of nitrogens with zero attached hydrogens (tertiary/aromatic N) is 2. The van der Waals surface area contributed by atoms with E-state index in [2.05, 4.69) is 59.4 Å². The molecule has 41 heavy (non-hydrogen) atoms. The Bertz CT molecular complexity index is 1350. The highest BCUT2D eigenvalue weighted by Crippen LogP contribution is 2.47. The van der Waals surface area contributed by atoms with Crippen LogP contribution in [-0.4, -0.2) is 57.0 Å². The lowest BCUT2D eigenvalue weighted by atomic mass is 9.82. The number of hydrogen-bond donors (Lipinski definition) is 0. The molecule has 3 aromatic carbocycles. The second-order valence-corrected chi connectivity index (χ2v) is 11.5. The van der Waals surface area contributed by atoms with E-state index in [4.69, 9.17) is 23.8 Å². The maximum Gasteiger partial charge on any atom is 0.271 e. The number of methoxy groups -OCH3 is 2. The van der Waals surface area contributed by atoms with Crippen LogP contribution in [0.4, 0.5) is 0 Å². The Hall–Kier alpha value is -3.45. The zero-order chi connectivity index (χ0) is 28.8. The highest BCUT2D eigenvalue weighted by atomic mass is 16.8. The van der Waals surface area contributed by atoms with Crippen molar-refractivity contribution in [3.63, 3.8) is 0 Å². The fraction of sp³-hybridized carbons (Fsp3) is 0.500. The molecule has 1 saturated heterocycles. The molecule has 5 rings (SSSR count). The molecule has 0 radical (unpaired) electrons. The average Bonchev–Trinajstić information content (AvgIpc) is 3.62. The van der Waals surface area contributed by atoms with Crippen molar-refractivity contribution in [2.75, 3.05) is 40.5 Å². The molecule has 1 atom stereocenters. The minimum atomic E-state index is -0.678. The van der Waals surface area contributed by atoms with Gasteiger partial charge in [0.15, 0.2) is 0 Å². The monoisotopic (exact) mass is 560 g/mol. The molecule has 1 fully saturated rings. The van der Waals surface area contributed by atoms with E-state index in [9.17, 15) is 0 Å². The molecule has 0 N–H and O–H groups in total. The van der Waals surface area contributed by atoms with Gasteiger partial charge in [0, 0.05) is 49.1 Å². The van der Waals surface area contributed by atoms with Crippen LogP contribution in [-0.2, 0) is 9.57 Å². The third kappa shape index (κ3) is 6.72. The van der Waals surface area contributed by atoms with Gasteiger partial charge in [-0.05, 0) is 74.1 Å². The molecule has 0 aliphatic carbocycles. The number of ether oxygens (including phenoxy) is 4. The molecule has 0 bridgehead atoms. The van der Waals surface area contributed by atoms with Crippen LogP contribution < -0.4 is 14.2 Å². The molecule has 2 aliphatic heterocycles. The van der Waals surface area contributed by atoms with Gasteiger partial charge in [-0.15, -0.1) is 0 Å². The fourth-order valence-corrected chi connectivity index (χ4v) is 6.20. The smallest absolute Gasteiger partial charge is 0.271 e. The summed E-state index contributed by atoms with van der Waals surface area (Å²) in [4.78, 5) is 7.84. The number of unbranched alkanes of at least 4 members (excludes halogenated alkanes) is 1. The SMILES string of the molecule is COc1c(C)c(C(CCCCC2=NOC(C)(C)O2)c2ccc(OCCN3CCCC3)cc2)c(OC)c2ccccc12. The predicted molar refractivity (Wildman–Crippen MR) is 163 cm³/mol. The molecule has 7 heteroatoms. The van der Waals surface area contributed by atoms with Crippen molar-refractivity contribution in [2.24, 2.45) is 5.16 Å². The number of benzene rings is 3. The van der Waals surface area contributed by atoms with E-state index in [1.165, 1.54) is 37.1 Å². The molecule has 0 spiro atoms. The van der Waals surface area contributed by atoms with E-state index in [-0.39, 0.29) is 5.92 Å². The summed E-state index contributed by atoms with van der Waals surface area (Å²) in [5.74, 6) is 2.82. The van der Waals surface area contributed by atoms with Crippen molar-refractivity contribution in [3.05, 3.63) is 65.2 Å². The Morgan fingerprint density at radius 1 is 0.927 bits per heavy atom. The Morgan fingerprint density at radius 3 is 2.24 bits per heavy atom. The minimum Gasteiger partial charge on any atom is -0.496 e. The Morgan fingerprint density at radius 2 is 1.61 bits per heavy atom. The first-order chi connectivity index (χ1) is 19.9. The summed E-state index contributed by atoms with van der Waals surface area (Å²) in [6, 6.07) is 16.9. The number of oxime groups is 1. The first-order valence-electron chi connectivity index (χ1n) is 14.9. The zero-order valence-electron chi connectivity index (χ0n) is 25.2. The molecule has 0 aromatic heterocycles. The van der Waals surface area contributed by atoms with Crippen molar-refractivity contribution < 1.29 is 23.8 Å². The molecule has 0 saturated carbocycles. The first kappa shape index (κ1) is 29.1. The summed E-state index contributed by atoms with van der Waals surface area (Å²) in [6.07, 6.45) is 6.21. The quantitative estimate of drug-likeness (QED) is 0.203. The minimum absolute atomic E-state index is 0.112. The third-order valence-corrected chi connectivity index (χ3v) is 8.18. The maximum atomic E-state index is 6.14. The van der Waals surface area contributed by atoms with Crippen LogP contribution in [0.1, 0.15) is 75.0 Å². The molecular weight excluding hydrogens is 516 g/mol. The Labute approximate surface area is 244 Å². The van der Waals surface area contributed by atoms with Crippen LogP contribution in [0.2, 0.25) is 0 Å². The van der Waals surface area contributed by atoms with Crippen LogP contribution in [0.15, 0.2) is 53.7 Å². The van der Waals surface area contributed by atoms with E-state index in [0.29, 0.717) is 12.5 Å². The third-order valence-electron chi connectivity index (χ3n) is 8.18. The van der Waals surface area contributed by atoms with Crippen LogP contribution >= 0.6 is 0 Å². The first-order valence-corrected chi connectivity index (χ1v) is 14.9. The van der Waals surface area contributed by atoms with Gasteiger partial charge in [-0.25, -0.2) is 0 Å². The second kappa shape index (κ2) is 13.0. The fourth-order valence-electron chi connectivity index (χ4n) is 6.20.